The molecule has 0 bridgehead atoms. The minimum Gasteiger partial charge on any atom is -0.455 e. The topological polar surface area (TPSA) is 108 Å². The van der Waals surface area contributed by atoms with Gasteiger partial charge in [0.05, 0.1) is 39.4 Å². The van der Waals surface area contributed by atoms with E-state index in [1.807, 2.05) is 49.4 Å². The highest BCUT2D eigenvalue weighted by atomic mass is 32.2. The second-order valence-corrected chi connectivity index (χ2v) is 10.3. The lowest BCUT2D eigenvalue weighted by Gasteiger charge is -2.14. The summed E-state index contributed by atoms with van der Waals surface area (Å²) in [5.74, 6) is -0.706. The second kappa shape index (κ2) is 12.1. The van der Waals surface area contributed by atoms with Gasteiger partial charge in [-0.15, -0.1) is 0 Å². The largest absolute Gasteiger partial charge is 0.455 e. The van der Waals surface area contributed by atoms with Gasteiger partial charge >= 0.3 is 5.97 Å². The zero-order valence-electron chi connectivity index (χ0n) is 21.9. The SMILES string of the molecule is Cc1nn(-c2ccccc2)c(C)c1NC(=O)COC(=O)CSc1nc2ccccc2c(=O)n1CCC(C)C. The molecular formula is C28H31N5O4S. The Balaban J connectivity index is 1.38. The number of thioether (sulfide) groups is 1. The van der Waals surface area contributed by atoms with Crippen molar-refractivity contribution < 1.29 is 14.3 Å². The van der Waals surface area contributed by atoms with E-state index < -0.39 is 18.5 Å². The summed E-state index contributed by atoms with van der Waals surface area (Å²) in [6, 6.07) is 16.8. The smallest absolute Gasteiger partial charge is 0.316 e. The van der Waals surface area contributed by atoms with E-state index >= 15 is 0 Å². The number of esters is 1. The number of rotatable bonds is 10. The Kier molecular flexibility index (Phi) is 8.62. The van der Waals surface area contributed by atoms with Crippen molar-refractivity contribution in [3.63, 3.8) is 0 Å². The monoisotopic (exact) mass is 533 g/mol. The molecule has 198 valence electrons. The number of hydrogen-bond donors (Lipinski definition) is 1. The summed E-state index contributed by atoms with van der Waals surface area (Å²) in [4.78, 5) is 42.7. The first-order valence-corrected chi connectivity index (χ1v) is 13.4. The van der Waals surface area contributed by atoms with Gasteiger partial charge in [-0.2, -0.15) is 5.10 Å². The summed E-state index contributed by atoms with van der Waals surface area (Å²) < 4.78 is 8.58. The molecule has 4 rings (SSSR count). The van der Waals surface area contributed by atoms with Crippen LogP contribution in [0.5, 0.6) is 0 Å². The van der Waals surface area contributed by atoms with Crippen molar-refractivity contribution in [3.8, 4) is 5.69 Å². The van der Waals surface area contributed by atoms with Gasteiger partial charge in [-0.3, -0.25) is 19.0 Å². The molecule has 0 aliphatic rings. The minimum absolute atomic E-state index is 0.0796. The predicted octanol–water partition coefficient (Wildman–Crippen LogP) is 4.52. The first kappa shape index (κ1) is 27.1. The van der Waals surface area contributed by atoms with Crippen LogP contribution in [0, 0.1) is 19.8 Å². The number of nitrogens with zero attached hydrogens (tertiary/aromatic N) is 4. The molecule has 9 nitrogen and oxygen atoms in total. The molecule has 0 fully saturated rings. The van der Waals surface area contributed by atoms with Gasteiger partial charge in [0, 0.05) is 6.54 Å². The molecule has 2 aromatic carbocycles. The van der Waals surface area contributed by atoms with E-state index in [1.165, 1.54) is 0 Å². The Hall–Kier alpha value is -3.92. The lowest BCUT2D eigenvalue weighted by Crippen LogP contribution is -2.25. The van der Waals surface area contributed by atoms with Crippen LogP contribution in [-0.4, -0.2) is 43.6 Å². The lowest BCUT2D eigenvalue weighted by molar-refractivity contribution is -0.144. The van der Waals surface area contributed by atoms with Crippen molar-refractivity contribution in [3.05, 3.63) is 76.3 Å². The van der Waals surface area contributed by atoms with Crippen molar-refractivity contribution in [1.82, 2.24) is 19.3 Å². The molecule has 1 amide bonds. The molecule has 0 radical (unpaired) electrons. The minimum atomic E-state index is -0.573. The summed E-state index contributed by atoms with van der Waals surface area (Å²) in [7, 11) is 0. The third-order valence-corrected chi connectivity index (χ3v) is 6.95. The zero-order valence-corrected chi connectivity index (χ0v) is 22.7. The van der Waals surface area contributed by atoms with Gasteiger partial charge in [-0.05, 0) is 50.5 Å². The molecule has 0 saturated heterocycles. The van der Waals surface area contributed by atoms with Crippen LogP contribution < -0.4 is 10.9 Å². The maximum Gasteiger partial charge on any atom is 0.316 e. The molecule has 4 aromatic rings. The quantitative estimate of drug-likeness (QED) is 0.181. The number of hydrogen-bond acceptors (Lipinski definition) is 7. The number of nitrogens with one attached hydrogen (secondary N) is 1. The fourth-order valence-electron chi connectivity index (χ4n) is 3.97. The van der Waals surface area contributed by atoms with E-state index in [1.54, 1.807) is 28.3 Å². The maximum atomic E-state index is 13.1. The average Bonchev–Trinajstić information content (AvgIpc) is 3.19. The van der Waals surface area contributed by atoms with Gasteiger partial charge in [0.15, 0.2) is 11.8 Å². The van der Waals surface area contributed by atoms with Crippen molar-refractivity contribution in [2.75, 3.05) is 17.7 Å². The first-order chi connectivity index (χ1) is 18.2. The third kappa shape index (κ3) is 6.31. The van der Waals surface area contributed by atoms with Crippen molar-refractivity contribution >= 4 is 40.2 Å². The van der Waals surface area contributed by atoms with Gasteiger partial charge < -0.3 is 10.1 Å². The highest BCUT2D eigenvalue weighted by Gasteiger charge is 2.18. The Morgan fingerprint density at radius 2 is 1.76 bits per heavy atom. The van der Waals surface area contributed by atoms with E-state index in [0.717, 1.165) is 29.6 Å². The molecule has 38 heavy (non-hydrogen) atoms. The van der Waals surface area contributed by atoms with Gasteiger partial charge in [0.2, 0.25) is 0 Å². The average molecular weight is 534 g/mol. The van der Waals surface area contributed by atoms with Crippen LogP contribution in [0.1, 0.15) is 31.7 Å². The molecule has 2 heterocycles. The summed E-state index contributed by atoms with van der Waals surface area (Å²) in [6.45, 7) is 7.92. The Bertz CT molecular complexity index is 1510. The number of anilines is 1. The predicted molar refractivity (Wildman–Crippen MR) is 149 cm³/mol. The van der Waals surface area contributed by atoms with Crippen LogP contribution >= 0.6 is 11.8 Å². The molecule has 0 atom stereocenters. The molecule has 0 aliphatic heterocycles. The fourth-order valence-corrected chi connectivity index (χ4v) is 4.80. The van der Waals surface area contributed by atoms with Gasteiger partial charge in [-0.1, -0.05) is 55.9 Å². The number of carbonyl (C=O) groups is 2. The van der Waals surface area contributed by atoms with Crippen molar-refractivity contribution in [2.45, 2.75) is 45.8 Å². The summed E-state index contributed by atoms with van der Waals surface area (Å²) in [5, 5.41) is 8.30. The number of aryl methyl sites for hydroxylation is 1. The normalized spacial score (nSPS) is 11.2. The molecule has 10 heteroatoms. The molecule has 0 unspecified atom stereocenters. The van der Waals surface area contributed by atoms with Gasteiger partial charge in [-0.25, -0.2) is 9.67 Å². The number of aromatic nitrogens is 4. The molecule has 2 aromatic heterocycles. The zero-order chi connectivity index (χ0) is 27.2. The number of fused-ring (bicyclic) bond motifs is 1. The molecular weight excluding hydrogens is 502 g/mol. The van der Waals surface area contributed by atoms with E-state index in [9.17, 15) is 14.4 Å². The lowest BCUT2D eigenvalue weighted by atomic mass is 10.1. The number of ether oxygens (including phenoxy) is 1. The second-order valence-electron chi connectivity index (χ2n) is 9.34. The van der Waals surface area contributed by atoms with E-state index in [2.05, 4.69) is 29.2 Å². The Labute approximate surface area is 225 Å². The molecule has 0 spiro atoms. The van der Waals surface area contributed by atoms with Crippen LogP contribution in [0.4, 0.5) is 5.69 Å². The van der Waals surface area contributed by atoms with E-state index in [4.69, 9.17) is 4.74 Å². The van der Waals surface area contributed by atoms with Gasteiger partial charge in [0.1, 0.15) is 0 Å². The van der Waals surface area contributed by atoms with Crippen LogP contribution in [0.2, 0.25) is 0 Å². The number of para-hydroxylation sites is 2. The van der Waals surface area contributed by atoms with E-state index in [-0.39, 0.29) is 11.3 Å². The van der Waals surface area contributed by atoms with Crippen LogP contribution in [0.3, 0.4) is 0 Å². The van der Waals surface area contributed by atoms with Crippen LogP contribution in [-0.2, 0) is 20.9 Å². The maximum absolute atomic E-state index is 13.1. The summed E-state index contributed by atoms with van der Waals surface area (Å²) in [5.41, 5.74) is 3.34. The van der Waals surface area contributed by atoms with Crippen molar-refractivity contribution in [1.29, 1.82) is 0 Å². The highest BCUT2D eigenvalue weighted by Crippen LogP contribution is 2.23. The Morgan fingerprint density at radius 3 is 2.50 bits per heavy atom. The standard InChI is InChI=1S/C28H31N5O4S/c1-18(2)14-15-32-27(36)22-12-8-9-13-23(22)29-28(32)38-17-25(35)37-16-24(34)30-26-19(3)31-33(20(26)4)21-10-6-5-7-11-21/h5-13,18H,14-17H2,1-4H3,(H,30,34). The molecule has 1 N–H and O–H groups in total. The van der Waals surface area contributed by atoms with Crippen LogP contribution in [0.15, 0.2) is 64.5 Å². The highest BCUT2D eigenvalue weighted by molar-refractivity contribution is 7.99. The first-order valence-electron chi connectivity index (χ1n) is 12.4. The van der Waals surface area contributed by atoms with Gasteiger partial charge in [0.25, 0.3) is 11.5 Å². The Morgan fingerprint density at radius 1 is 1.05 bits per heavy atom. The fraction of sp³-hybridized carbons (Fsp3) is 0.321. The van der Waals surface area contributed by atoms with Crippen molar-refractivity contribution in [2.24, 2.45) is 5.92 Å². The summed E-state index contributed by atoms with van der Waals surface area (Å²) >= 11 is 1.13. The number of carbonyl (C=O) groups excluding carboxylic acids is 2. The number of benzene rings is 2. The third-order valence-electron chi connectivity index (χ3n) is 6.00. The number of amides is 1. The summed E-state index contributed by atoms with van der Waals surface area (Å²) in [6.07, 6.45) is 0.803. The molecule has 0 aliphatic carbocycles. The van der Waals surface area contributed by atoms with E-state index in [0.29, 0.717) is 39.9 Å². The molecule has 0 saturated carbocycles. The van der Waals surface area contributed by atoms with Crippen LogP contribution in [0.25, 0.3) is 16.6 Å².